The van der Waals surface area contributed by atoms with E-state index in [1.165, 1.54) is 40.5 Å². The smallest absolute Gasteiger partial charge is 0.301 e. The fourth-order valence-electron chi connectivity index (χ4n) is 3.51. The maximum atomic E-state index is 13.3. The minimum absolute atomic E-state index is 0.0425. The summed E-state index contributed by atoms with van der Waals surface area (Å²) < 4.78 is 13.3. The molecule has 1 N–H and O–H groups in total. The molecule has 0 aliphatic carbocycles. The first kappa shape index (κ1) is 20.0. The van der Waals surface area contributed by atoms with Crippen LogP contribution in [-0.2, 0) is 9.59 Å². The number of rotatable bonds is 4. The summed E-state index contributed by atoms with van der Waals surface area (Å²) in [5.41, 5.74) is 2.01. The Morgan fingerprint density at radius 3 is 2.33 bits per heavy atom. The molecule has 1 atom stereocenters. The van der Waals surface area contributed by atoms with Gasteiger partial charge in [0.05, 0.1) is 11.6 Å². The number of benzene rings is 2. The van der Waals surface area contributed by atoms with Gasteiger partial charge in [-0.05, 0) is 41.3 Å². The predicted molar refractivity (Wildman–Crippen MR) is 114 cm³/mol. The lowest BCUT2D eigenvalue weighted by molar-refractivity contribution is -0.132. The molecule has 1 aliphatic heterocycles. The van der Waals surface area contributed by atoms with E-state index in [4.69, 9.17) is 0 Å². The van der Waals surface area contributed by atoms with E-state index < -0.39 is 23.5 Å². The topological polar surface area (TPSA) is 70.5 Å². The van der Waals surface area contributed by atoms with Crippen molar-refractivity contribution in [2.75, 3.05) is 4.90 Å². The molecule has 0 radical (unpaired) electrons. The number of hydrogen-bond donors (Lipinski definition) is 1. The molecule has 5 nitrogen and oxygen atoms in total. The average Bonchev–Trinajstić information content (AvgIpc) is 3.35. The summed E-state index contributed by atoms with van der Waals surface area (Å²) in [6.45, 7) is 4.15. The third kappa shape index (κ3) is 3.41. The average molecular weight is 422 g/mol. The van der Waals surface area contributed by atoms with Gasteiger partial charge in [-0.3, -0.25) is 14.5 Å². The van der Waals surface area contributed by atoms with Crippen molar-refractivity contribution in [2.24, 2.45) is 0 Å². The molecular formula is C23H19FN2O3S. The molecule has 1 saturated heterocycles. The van der Waals surface area contributed by atoms with Crippen molar-refractivity contribution in [3.63, 3.8) is 0 Å². The fraction of sp³-hybridized carbons (Fsp3) is 0.174. The zero-order valence-corrected chi connectivity index (χ0v) is 17.2. The van der Waals surface area contributed by atoms with Gasteiger partial charge in [0.2, 0.25) is 0 Å². The Labute approximate surface area is 177 Å². The standard InChI is InChI=1S/C23H19FN2O3S/c1-13(2)14-3-5-15(6-4-14)19-18(20(27)16-7-9-17(24)10-8-16)21(28)22(29)26(19)23-25-11-12-30-23/h3-13,19,27H,1-2H3/t19-/m1/s1. The van der Waals surface area contributed by atoms with Gasteiger partial charge >= 0.3 is 5.91 Å². The van der Waals surface area contributed by atoms with E-state index in [-0.39, 0.29) is 16.9 Å². The Hall–Kier alpha value is -3.32. The lowest BCUT2D eigenvalue weighted by atomic mass is 9.93. The summed E-state index contributed by atoms with van der Waals surface area (Å²) in [5, 5.41) is 13.0. The van der Waals surface area contributed by atoms with Gasteiger partial charge in [-0.15, -0.1) is 11.3 Å². The Morgan fingerprint density at radius 2 is 1.77 bits per heavy atom. The molecule has 0 saturated carbocycles. The molecule has 2 aromatic carbocycles. The molecule has 7 heteroatoms. The summed E-state index contributed by atoms with van der Waals surface area (Å²) in [6.07, 6.45) is 1.55. The number of carbonyl (C=O) groups is 2. The molecule has 4 rings (SSSR count). The molecule has 2 heterocycles. The molecule has 0 unspecified atom stereocenters. The Morgan fingerprint density at radius 1 is 1.10 bits per heavy atom. The second-order valence-electron chi connectivity index (χ2n) is 7.31. The summed E-state index contributed by atoms with van der Waals surface area (Å²) in [7, 11) is 0. The third-order valence-electron chi connectivity index (χ3n) is 5.11. The van der Waals surface area contributed by atoms with Gasteiger partial charge in [-0.1, -0.05) is 38.1 Å². The van der Waals surface area contributed by atoms with Gasteiger partial charge in [0.15, 0.2) is 5.13 Å². The number of anilines is 1. The number of ketones is 1. The van der Waals surface area contributed by atoms with Crippen molar-refractivity contribution in [1.29, 1.82) is 0 Å². The number of amides is 1. The van der Waals surface area contributed by atoms with Crippen LogP contribution >= 0.6 is 11.3 Å². The van der Waals surface area contributed by atoms with Crippen molar-refractivity contribution in [2.45, 2.75) is 25.8 Å². The van der Waals surface area contributed by atoms with Crippen LogP contribution in [0.15, 0.2) is 65.7 Å². The normalized spacial score (nSPS) is 18.4. The highest BCUT2D eigenvalue weighted by Gasteiger charge is 2.47. The maximum Gasteiger partial charge on any atom is 0.301 e. The van der Waals surface area contributed by atoms with Crippen LogP contribution in [0.4, 0.5) is 9.52 Å². The zero-order chi connectivity index (χ0) is 21.4. The maximum absolute atomic E-state index is 13.3. The minimum atomic E-state index is -0.831. The number of aromatic nitrogens is 1. The molecule has 1 amide bonds. The van der Waals surface area contributed by atoms with Crippen molar-refractivity contribution >= 4 is 33.9 Å². The van der Waals surface area contributed by atoms with Crippen LogP contribution in [0, 0.1) is 5.82 Å². The number of aliphatic hydroxyl groups excluding tert-OH is 1. The number of nitrogens with zero attached hydrogens (tertiary/aromatic N) is 2. The molecular weight excluding hydrogens is 403 g/mol. The molecule has 3 aromatic rings. The second-order valence-corrected chi connectivity index (χ2v) is 8.19. The van der Waals surface area contributed by atoms with Crippen LogP contribution in [0.25, 0.3) is 5.76 Å². The second kappa shape index (κ2) is 7.84. The summed E-state index contributed by atoms with van der Waals surface area (Å²) in [5.74, 6) is -2.04. The van der Waals surface area contributed by atoms with Crippen LogP contribution in [0.2, 0.25) is 0 Å². The highest BCUT2D eigenvalue weighted by atomic mass is 32.1. The highest BCUT2D eigenvalue weighted by molar-refractivity contribution is 7.14. The van der Waals surface area contributed by atoms with Gasteiger partial charge < -0.3 is 5.11 Å². The summed E-state index contributed by atoms with van der Waals surface area (Å²) in [4.78, 5) is 31.4. The predicted octanol–water partition coefficient (Wildman–Crippen LogP) is 5.03. The third-order valence-corrected chi connectivity index (χ3v) is 5.88. The molecule has 152 valence electrons. The number of hydrogen-bond acceptors (Lipinski definition) is 5. The molecule has 1 aromatic heterocycles. The van der Waals surface area contributed by atoms with E-state index in [0.717, 1.165) is 5.56 Å². The Balaban J connectivity index is 1.90. The Bertz CT molecular complexity index is 1120. The van der Waals surface area contributed by atoms with Crippen molar-refractivity contribution in [3.05, 3.63) is 88.2 Å². The van der Waals surface area contributed by atoms with E-state index in [0.29, 0.717) is 16.6 Å². The van der Waals surface area contributed by atoms with E-state index >= 15 is 0 Å². The molecule has 0 bridgehead atoms. The monoisotopic (exact) mass is 422 g/mol. The van der Waals surface area contributed by atoms with Gasteiger partial charge in [0, 0.05) is 17.1 Å². The van der Waals surface area contributed by atoms with Crippen molar-refractivity contribution < 1.29 is 19.1 Å². The molecule has 1 fully saturated rings. The SMILES string of the molecule is CC(C)c1ccc([C@@H]2C(=C(O)c3ccc(F)cc3)C(=O)C(=O)N2c2nccs2)cc1. The first-order valence-corrected chi connectivity index (χ1v) is 10.3. The van der Waals surface area contributed by atoms with Crippen LogP contribution in [-0.4, -0.2) is 21.8 Å². The fourth-order valence-corrected chi connectivity index (χ4v) is 4.17. The summed E-state index contributed by atoms with van der Waals surface area (Å²) in [6, 6.07) is 11.9. The van der Waals surface area contributed by atoms with Crippen LogP contribution in [0.5, 0.6) is 0 Å². The van der Waals surface area contributed by atoms with E-state index in [1.807, 2.05) is 24.3 Å². The van der Waals surface area contributed by atoms with Crippen LogP contribution in [0.1, 0.15) is 42.5 Å². The Kier molecular flexibility index (Phi) is 5.22. The number of aliphatic hydroxyl groups is 1. The van der Waals surface area contributed by atoms with Gasteiger partial charge in [-0.25, -0.2) is 9.37 Å². The van der Waals surface area contributed by atoms with Gasteiger partial charge in [0.25, 0.3) is 5.78 Å². The number of thiazole rings is 1. The van der Waals surface area contributed by atoms with E-state index in [1.54, 1.807) is 11.6 Å². The van der Waals surface area contributed by atoms with Gasteiger partial charge in [-0.2, -0.15) is 0 Å². The first-order chi connectivity index (χ1) is 14.4. The van der Waals surface area contributed by atoms with Crippen LogP contribution < -0.4 is 4.90 Å². The quantitative estimate of drug-likeness (QED) is 0.364. The minimum Gasteiger partial charge on any atom is -0.507 e. The molecule has 0 spiro atoms. The van der Waals surface area contributed by atoms with Crippen molar-refractivity contribution in [3.8, 4) is 0 Å². The number of halogens is 1. The number of carbonyl (C=O) groups excluding carboxylic acids is 2. The highest BCUT2D eigenvalue weighted by Crippen LogP contribution is 2.42. The number of Topliss-reactive ketones (excluding diaryl/α,β-unsaturated/α-hetero) is 1. The van der Waals surface area contributed by atoms with E-state index in [9.17, 15) is 19.1 Å². The first-order valence-electron chi connectivity index (χ1n) is 9.44. The van der Waals surface area contributed by atoms with Crippen molar-refractivity contribution in [1.82, 2.24) is 4.98 Å². The molecule has 30 heavy (non-hydrogen) atoms. The lowest BCUT2D eigenvalue weighted by Crippen LogP contribution is -2.29. The molecule has 1 aliphatic rings. The van der Waals surface area contributed by atoms with Gasteiger partial charge in [0.1, 0.15) is 11.6 Å². The van der Waals surface area contributed by atoms with E-state index in [2.05, 4.69) is 18.8 Å². The lowest BCUT2D eigenvalue weighted by Gasteiger charge is -2.23. The summed E-state index contributed by atoms with van der Waals surface area (Å²) >= 11 is 1.23. The van der Waals surface area contributed by atoms with Crippen LogP contribution in [0.3, 0.4) is 0 Å². The zero-order valence-electron chi connectivity index (χ0n) is 16.4. The largest absolute Gasteiger partial charge is 0.507 e.